The second-order valence-corrected chi connectivity index (χ2v) is 4.44. The molecule has 0 atom stereocenters. The normalized spacial score (nSPS) is 10.0. The van der Waals surface area contributed by atoms with Crippen molar-refractivity contribution in [2.45, 2.75) is 13.5 Å². The highest BCUT2D eigenvalue weighted by Crippen LogP contribution is 2.27. The molecule has 1 aromatic heterocycles. The minimum absolute atomic E-state index is 0. The van der Waals surface area contributed by atoms with E-state index in [0.717, 1.165) is 17.0 Å². The average molecular weight is 305 g/mol. The molecule has 0 spiro atoms. The monoisotopic (exact) mass is 303 g/mol. The van der Waals surface area contributed by atoms with Gasteiger partial charge in [0.15, 0.2) is 0 Å². The Bertz CT molecular complexity index is 558. The molecule has 0 radical (unpaired) electrons. The van der Waals surface area contributed by atoms with E-state index in [-0.39, 0.29) is 12.4 Å². The molecule has 2 N–H and O–H groups in total. The SMILES string of the molecule is Cc1nc(CN)cc(-c2ccc(Cl)c(Cl)c2)n1.Cl. The zero-order valence-corrected chi connectivity index (χ0v) is 12.0. The lowest BCUT2D eigenvalue weighted by atomic mass is 10.1. The summed E-state index contributed by atoms with van der Waals surface area (Å²) in [4.78, 5) is 8.58. The van der Waals surface area contributed by atoms with Crippen LogP contribution in [-0.2, 0) is 6.54 Å². The summed E-state index contributed by atoms with van der Waals surface area (Å²) in [7, 11) is 0. The van der Waals surface area contributed by atoms with Crippen LogP contribution >= 0.6 is 35.6 Å². The zero-order chi connectivity index (χ0) is 12.4. The van der Waals surface area contributed by atoms with E-state index in [1.54, 1.807) is 12.1 Å². The Hall–Kier alpha value is -0.870. The highest BCUT2D eigenvalue weighted by atomic mass is 35.5. The maximum Gasteiger partial charge on any atom is 0.126 e. The molecule has 3 nitrogen and oxygen atoms in total. The van der Waals surface area contributed by atoms with Crippen molar-refractivity contribution < 1.29 is 0 Å². The van der Waals surface area contributed by atoms with E-state index in [0.29, 0.717) is 22.4 Å². The fraction of sp³-hybridized carbons (Fsp3) is 0.167. The minimum atomic E-state index is 0. The average Bonchev–Trinajstić information content (AvgIpc) is 2.32. The van der Waals surface area contributed by atoms with Crippen molar-refractivity contribution in [2.24, 2.45) is 5.73 Å². The quantitative estimate of drug-likeness (QED) is 0.921. The van der Waals surface area contributed by atoms with E-state index < -0.39 is 0 Å². The highest BCUT2D eigenvalue weighted by molar-refractivity contribution is 6.42. The van der Waals surface area contributed by atoms with Crippen LogP contribution in [0.3, 0.4) is 0 Å². The van der Waals surface area contributed by atoms with E-state index in [1.807, 2.05) is 19.1 Å². The second kappa shape index (κ2) is 6.34. The first-order chi connectivity index (χ1) is 8.10. The zero-order valence-electron chi connectivity index (χ0n) is 9.65. The summed E-state index contributed by atoms with van der Waals surface area (Å²) in [6, 6.07) is 7.26. The smallest absolute Gasteiger partial charge is 0.126 e. The van der Waals surface area contributed by atoms with E-state index in [1.165, 1.54) is 0 Å². The van der Waals surface area contributed by atoms with Crippen LogP contribution in [0.2, 0.25) is 10.0 Å². The molecule has 0 aliphatic heterocycles. The van der Waals surface area contributed by atoms with Crippen molar-refractivity contribution in [2.75, 3.05) is 0 Å². The van der Waals surface area contributed by atoms with Crippen molar-refractivity contribution in [3.63, 3.8) is 0 Å². The van der Waals surface area contributed by atoms with Crippen LogP contribution in [0.4, 0.5) is 0 Å². The molecule has 0 bridgehead atoms. The number of rotatable bonds is 2. The third-order valence-corrected chi connectivity index (χ3v) is 3.05. The van der Waals surface area contributed by atoms with Gasteiger partial charge in [-0.05, 0) is 25.1 Å². The third kappa shape index (κ3) is 3.33. The predicted octanol–water partition coefficient (Wildman–Crippen LogP) is 3.64. The Balaban J connectivity index is 0.00000162. The maximum atomic E-state index is 5.98. The molecule has 18 heavy (non-hydrogen) atoms. The molecular formula is C12H12Cl3N3. The fourth-order valence-electron chi connectivity index (χ4n) is 1.54. The molecule has 0 fully saturated rings. The molecule has 96 valence electrons. The van der Waals surface area contributed by atoms with Crippen LogP contribution in [-0.4, -0.2) is 9.97 Å². The fourth-order valence-corrected chi connectivity index (χ4v) is 1.84. The first-order valence-corrected chi connectivity index (χ1v) is 5.86. The van der Waals surface area contributed by atoms with Crippen molar-refractivity contribution >= 4 is 35.6 Å². The maximum absolute atomic E-state index is 5.98. The number of benzene rings is 1. The first kappa shape index (κ1) is 15.2. The van der Waals surface area contributed by atoms with Crippen LogP contribution < -0.4 is 5.73 Å². The van der Waals surface area contributed by atoms with Gasteiger partial charge in [0.2, 0.25) is 0 Å². The van der Waals surface area contributed by atoms with Crippen molar-refractivity contribution in [3.8, 4) is 11.3 Å². The second-order valence-electron chi connectivity index (χ2n) is 3.62. The number of nitrogens with zero attached hydrogens (tertiary/aromatic N) is 2. The number of hydrogen-bond acceptors (Lipinski definition) is 3. The lowest BCUT2D eigenvalue weighted by Crippen LogP contribution is -2.03. The first-order valence-electron chi connectivity index (χ1n) is 5.10. The topological polar surface area (TPSA) is 51.8 Å². The molecule has 1 aromatic carbocycles. The molecule has 2 aromatic rings. The standard InChI is InChI=1S/C12H11Cl2N3.ClH/c1-7-16-9(6-15)5-12(17-7)8-2-3-10(13)11(14)4-8;/h2-5H,6,15H2,1H3;1H. The molecule has 6 heteroatoms. The summed E-state index contributed by atoms with van der Waals surface area (Å²) in [6.45, 7) is 2.22. The Kier molecular flexibility index (Phi) is 5.35. The van der Waals surface area contributed by atoms with Gasteiger partial charge in [0.05, 0.1) is 21.4 Å². The van der Waals surface area contributed by atoms with Gasteiger partial charge in [0.25, 0.3) is 0 Å². The van der Waals surface area contributed by atoms with Gasteiger partial charge in [0.1, 0.15) is 5.82 Å². The molecule has 0 saturated carbocycles. The summed E-state index contributed by atoms with van der Waals surface area (Å²) in [6.07, 6.45) is 0. The predicted molar refractivity (Wildman–Crippen MR) is 77.4 cm³/mol. The molecule has 2 rings (SSSR count). The lowest BCUT2D eigenvalue weighted by Gasteiger charge is -2.06. The minimum Gasteiger partial charge on any atom is -0.325 e. The van der Waals surface area contributed by atoms with Crippen molar-refractivity contribution in [1.82, 2.24) is 9.97 Å². The van der Waals surface area contributed by atoms with Gasteiger partial charge in [-0.2, -0.15) is 0 Å². The van der Waals surface area contributed by atoms with Gasteiger partial charge in [-0.1, -0.05) is 29.3 Å². The van der Waals surface area contributed by atoms with E-state index in [9.17, 15) is 0 Å². The van der Waals surface area contributed by atoms with E-state index in [2.05, 4.69) is 9.97 Å². The van der Waals surface area contributed by atoms with Gasteiger partial charge in [-0.3, -0.25) is 0 Å². The number of aryl methyl sites for hydroxylation is 1. The van der Waals surface area contributed by atoms with Crippen LogP contribution in [0.25, 0.3) is 11.3 Å². The van der Waals surface area contributed by atoms with Gasteiger partial charge >= 0.3 is 0 Å². The van der Waals surface area contributed by atoms with Crippen LogP contribution in [0, 0.1) is 6.92 Å². The van der Waals surface area contributed by atoms with Gasteiger partial charge in [-0.25, -0.2) is 9.97 Å². The van der Waals surface area contributed by atoms with Crippen LogP contribution in [0.5, 0.6) is 0 Å². The van der Waals surface area contributed by atoms with Crippen LogP contribution in [0.15, 0.2) is 24.3 Å². The Morgan fingerprint density at radius 2 is 1.83 bits per heavy atom. The highest BCUT2D eigenvalue weighted by Gasteiger charge is 2.06. The molecule has 1 heterocycles. The Morgan fingerprint density at radius 1 is 1.11 bits per heavy atom. The number of halogens is 3. The molecule has 0 aliphatic carbocycles. The molecule has 0 amide bonds. The molecule has 0 aliphatic rings. The summed E-state index contributed by atoms with van der Waals surface area (Å²) in [5, 5.41) is 1.04. The number of hydrogen-bond donors (Lipinski definition) is 1. The molecular weight excluding hydrogens is 293 g/mol. The summed E-state index contributed by atoms with van der Waals surface area (Å²) in [5.41, 5.74) is 8.09. The van der Waals surface area contributed by atoms with Gasteiger partial charge in [0, 0.05) is 12.1 Å². The third-order valence-electron chi connectivity index (χ3n) is 2.32. The summed E-state index contributed by atoms with van der Waals surface area (Å²) >= 11 is 11.9. The van der Waals surface area contributed by atoms with Gasteiger partial charge in [-0.15, -0.1) is 12.4 Å². The van der Waals surface area contributed by atoms with Crippen molar-refractivity contribution in [1.29, 1.82) is 0 Å². The van der Waals surface area contributed by atoms with Crippen molar-refractivity contribution in [3.05, 3.63) is 45.8 Å². The number of aromatic nitrogens is 2. The molecule has 0 unspecified atom stereocenters. The van der Waals surface area contributed by atoms with Crippen LogP contribution in [0.1, 0.15) is 11.5 Å². The van der Waals surface area contributed by atoms with E-state index >= 15 is 0 Å². The largest absolute Gasteiger partial charge is 0.325 e. The molecule has 0 saturated heterocycles. The summed E-state index contributed by atoms with van der Waals surface area (Å²) in [5.74, 6) is 0.689. The Morgan fingerprint density at radius 3 is 2.44 bits per heavy atom. The number of nitrogens with two attached hydrogens (primary N) is 1. The Labute approximate surface area is 122 Å². The lowest BCUT2D eigenvalue weighted by molar-refractivity contribution is 0.929. The van der Waals surface area contributed by atoms with Gasteiger partial charge < -0.3 is 5.73 Å². The van der Waals surface area contributed by atoms with E-state index in [4.69, 9.17) is 28.9 Å². The summed E-state index contributed by atoms with van der Waals surface area (Å²) < 4.78 is 0.